The Kier molecular flexibility index (Phi) is 5.08. The molecule has 7 nitrogen and oxygen atoms in total. The number of aromatic nitrogens is 1. The molecule has 3 rings (SSSR count). The summed E-state index contributed by atoms with van der Waals surface area (Å²) in [6.07, 6.45) is 3.17. The third kappa shape index (κ3) is 3.48. The van der Waals surface area contributed by atoms with Crippen molar-refractivity contribution in [3.05, 3.63) is 53.7 Å². The highest BCUT2D eigenvalue weighted by atomic mass is 32.2. The predicted molar refractivity (Wildman–Crippen MR) is 97.9 cm³/mol. The van der Waals surface area contributed by atoms with Crippen molar-refractivity contribution in [3.63, 3.8) is 0 Å². The molecule has 0 amide bonds. The van der Waals surface area contributed by atoms with Gasteiger partial charge in [0.25, 0.3) is 10.2 Å². The Hall–Kier alpha value is -2.29. The summed E-state index contributed by atoms with van der Waals surface area (Å²) in [5.41, 5.74) is 2.36. The van der Waals surface area contributed by atoms with Crippen LogP contribution in [-0.2, 0) is 10.2 Å². The van der Waals surface area contributed by atoms with Crippen molar-refractivity contribution in [1.82, 2.24) is 13.6 Å². The van der Waals surface area contributed by atoms with Crippen LogP contribution in [0.3, 0.4) is 0 Å². The summed E-state index contributed by atoms with van der Waals surface area (Å²) in [4.78, 5) is 15.5. The molecule has 1 saturated heterocycles. The number of benzene rings is 1. The standard InChI is InChI=1S/C18H21N3O4S/c1-20(2)26(24,25)21-10-4-7-17(21)14-8-9-19-16(12-14)13-5-3-6-15(11-13)18(22)23/h3,5-6,8-9,11-12,17H,4,7,10H2,1-2H3,(H,22,23)/t17-/m1/s1. The number of nitrogens with zero attached hydrogens (tertiary/aromatic N) is 3. The maximum Gasteiger partial charge on any atom is 0.335 e. The zero-order chi connectivity index (χ0) is 18.9. The fourth-order valence-electron chi connectivity index (χ4n) is 3.18. The van der Waals surface area contributed by atoms with Crippen LogP contribution in [0, 0.1) is 0 Å². The van der Waals surface area contributed by atoms with E-state index < -0.39 is 16.2 Å². The molecule has 1 N–H and O–H groups in total. The van der Waals surface area contributed by atoms with E-state index in [9.17, 15) is 13.2 Å². The molecule has 1 aromatic carbocycles. The monoisotopic (exact) mass is 375 g/mol. The average molecular weight is 375 g/mol. The van der Waals surface area contributed by atoms with Crippen molar-refractivity contribution < 1.29 is 18.3 Å². The molecule has 8 heteroatoms. The van der Waals surface area contributed by atoms with Crippen molar-refractivity contribution in [3.8, 4) is 11.3 Å². The Labute approximate surface area is 153 Å². The molecule has 0 saturated carbocycles. The first-order chi connectivity index (χ1) is 12.3. The van der Waals surface area contributed by atoms with E-state index in [2.05, 4.69) is 4.98 Å². The number of carboxylic acid groups (broad SMARTS) is 1. The van der Waals surface area contributed by atoms with E-state index >= 15 is 0 Å². The second kappa shape index (κ2) is 7.14. The van der Waals surface area contributed by atoms with Gasteiger partial charge in [-0.05, 0) is 42.7 Å². The summed E-state index contributed by atoms with van der Waals surface area (Å²) in [7, 11) is -0.445. The lowest BCUT2D eigenvalue weighted by Gasteiger charge is -2.27. The largest absolute Gasteiger partial charge is 0.478 e. The number of carboxylic acids is 1. The lowest BCUT2D eigenvalue weighted by molar-refractivity contribution is 0.0697. The quantitative estimate of drug-likeness (QED) is 0.866. The van der Waals surface area contributed by atoms with Crippen LogP contribution in [0.1, 0.15) is 34.8 Å². The third-order valence-electron chi connectivity index (χ3n) is 4.54. The first-order valence-corrected chi connectivity index (χ1v) is 9.69. The molecule has 0 aliphatic carbocycles. The Balaban J connectivity index is 1.97. The highest BCUT2D eigenvalue weighted by molar-refractivity contribution is 7.86. The van der Waals surface area contributed by atoms with Gasteiger partial charge in [-0.2, -0.15) is 17.0 Å². The molecule has 26 heavy (non-hydrogen) atoms. The summed E-state index contributed by atoms with van der Waals surface area (Å²) in [5, 5.41) is 9.16. The van der Waals surface area contributed by atoms with E-state index in [4.69, 9.17) is 5.11 Å². The molecule has 1 atom stereocenters. The lowest BCUT2D eigenvalue weighted by atomic mass is 10.0. The van der Waals surface area contributed by atoms with Gasteiger partial charge in [0.15, 0.2) is 0 Å². The van der Waals surface area contributed by atoms with Crippen LogP contribution >= 0.6 is 0 Å². The van der Waals surface area contributed by atoms with Crippen LogP contribution in [0.5, 0.6) is 0 Å². The summed E-state index contributed by atoms with van der Waals surface area (Å²) in [6.45, 7) is 0.483. The van der Waals surface area contributed by atoms with E-state index in [0.717, 1.165) is 18.4 Å². The van der Waals surface area contributed by atoms with Gasteiger partial charge < -0.3 is 5.11 Å². The Morgan fingerprint density at radius 3 is 2.73 bits per heavy atom. The van der Waals surface area contributed by atoms with Crippen LogP contribution in [-0.4, -0.2) is 53.7 Å². The number of hydrogen-bond acceptors (Lipinski definition) is 4. The van der Waals surface area contributed by atoms with Gasteiger partial charge in [0, 0.05) is 32.4 Å². The van der Waals surface area contributed by atoms with Crippen molar-refractivity contribution in [2.24, 2.45) is 0 Å². The maximum atomic E-state index is 12.6. The van der Waals surface area contributed by atoms with Gasteiger partial charge in [-0.15, -0.1) is 0 Å². The van der Waals surface area contributed by atoms with Gasteiger partial charge in [-0.25, -0.2) is 4.79 Å². The summed E-state index contributed by atoms with van der Waals surface area (Å²) < 4.78 is 27.9. The zero-order valence-corrected chi connectivity index (χ0v) is 15.5. The molecule has 138 valence electrons. The lowest BCUT2D eigenvalue weighted by Crippen LogP contribution is -2.39. The second-order valence-electron chi connectivity index (χ2n) is 6.42. The van der Waals surface area contributed by atoms with Crippen LogP contribution in [0.15, 0.2) is 42.6 Å². The van der Waals surface area contributed by atoms with E-state index in [1.54, 1.807) is 24.4 Å². The van der Waals surface area contributed by atoms with Gasteiger partial charge >= 0.3 is 5.97 Å². The normalized spacial score (nSPS) is 18.3. The molecular formula is C18H21N3O4S. The molecule has 2 aromatic rings. The highest BCUT2D eigenvalue weighted by Gasteiger charge is 2.36. The van der Waals surface area contributed by atoms with E-state index in [-0.39, 0.29) is 11.6 Å². The summed E-state index contributed by atoms with van der Waals surface area (Å²) in [5.74, 6) is -0.998. The smallest absolute Gasteiger partial charge is 0.335 e. The molecule has 0 spiro atoms. The molecule has 0 radical (unpaired) electrons. The average Bonchev–Trinajstić information content (AvgIpc) is 3.12. The number of rotatable bonds is 5. The predicted octanol–water partition coefficient (Wildman–Crippen LogP) is 2.39. The minimum atomic E-state index is -3.50. The molecule has 0 unspecified atom stereocenters. The van der Waals surface area contributed by atoms with Crippen molar-refractivity contribution >= 4 is 16.2 Å². The van der Waals surface area contributed by atoms with Gasteiger partial charge in [0.2, 0.25) is 0 Å². The van der Waals surface area contributed by atoms with Gasteiger partial charge in [0.05, 0.1) is 17.3 Å². The summed E-state index contributed by atoms with van der Waals surface area (Å²) in [6, 6.07) is 9.97. The van der Waals surface area contributed by atoms with Gasteiger partial charge in [0.1, 0.15) is 0 Å². The third-order valence-corrected chi connectivity index (χ3v) is 6.49. The van der Waals surface area contributed by atoms with Crippen molar-refractivity contribution in [2.45, 2.75) is 18.9 Å². The van der Waals surface area contributed by atoms with Crippen LogP contribution in [0.2, 0.25) is 0 Å². The molecule has 1 fully saturated rings. The minimum Gasteiger partial charge on any atom is -0.478 e. The Morgan fingerprint density at radius 1 is 1.27 bits per heavy atom. The molecular weight excluding hydrogens is 354 g/mol. The highest BCUT2D eigenvalue weighted by Crippen LogP contribution is 2.35. The minimum absolute atomic E-state index is 0.187. The SMILES string of the molecule is CN(C)S(=O)(=O)N1CCC[C@@H]1c1ccnc(-c2cccc(C(=O)O)c2)c1. The van der Waals surface area contributed by atoms with Crippen molar-refractivity contribution in [1.29, 1.82) is 0 Å². The zero-order valence-electron chi connectivity index (χ0n) is 14.7. The van der Waals surface area contributed by atoms with Crippen molar-refractivity contribution in [2.75, 3.05) is 20.6 Å². The number of hydrogen-bond donors (Lipinski definition) is 1. The first kappa shape index (κ1) is 18.5. The van der Waals surface area contributed by atoms with E-state index in [1.807, 2.05) is 12.1 Å². The Morgan fingerprint density at radius 2 is 2.04 bits per heavy atom. The molecule has 1 aromatic heterocycles. The van der Waals surface area contributed by atoms with Gasteiger partial charge in [-0.3, -0.25) is 4.98 Å². The van der Waals surface area contributed by atoms with E-state index in [0.29, 0.717) is 17.8 Å². The fourth-order valence-corrected chi connectivity index (χ4v) is 4.51. The molecule has 1 aliphatic rings. The maximum absolute atomic E-state index is 12.6. The molecule has 2 heterocycles. The topological polar surface area (TPSA) is 90.8 Å². The van der Waals surface area contributed by atoms with Crippen LogP contribution in [0.4, 0.5) is 0 Å². The Bertz CT molecular complexity index is 928. The van der Waals surface area contributed by atoms with Crippen LogP contribution in [0.25, 0.3) is 11.3 Å². The first-order valence-electron chi connectivity index (χ1n) is 8.29. The molecule has 1 aliphatic heterocycles. The van der Waals surface area contributed by atoms with Gasteiger partial charge in [-0.1, -0.05) is 12.1 Å². The number of aromatic carboxylic acids is 1. The van der Waals surface area contributed by atoms with Crippen LogP contribution < -0.4 is 0 Å². The number of pyridine rings is 1. The van der Waals surface area contributed by atoms with E-state index in [1.165, 1.54) is 28.8 Å². The summed E-state index contributed by atoms with van der Waals surface area (Å²) >= 11 is 0. The number of carbonyl (C=O) groups is 1. The molecule has 0 bridgehead atoms. The second-order valence-corrected chi connectivity index (χ2v) is 8.51. The fraction of sp³-hybridized carbons (Fsp3) is 0.333.